The van der Waals surface area contributed by atoms with Gasteiger partial charge >= 0.3 is 5.97 Å². The number of halogens is 4. The fraction of sp³-hybridized carbons (Fsp3) is 0.250. The standard InChI is InChI=1S/C14H13N3O2.C2Cl4O/c1-3-19-14(18)13-10(2)9-16-17(13)12-6-4-11(8-15)5-7-12;3-1(7)2(4,5)6/h4-7,9H,3H2,1-2H3;. The number of hydrogen-bond acceptors (Lipinski definition) is 5. The number of rotatable bonds is 3. The largest absolute Gasteiger partial charge is 0.461 e. The first-order valence-electron chi connectivity index (χ1n) is 7.10. The minimum atomic E-state index is -1.96. The van der Waals surface area contributed by atoms with Crippen LogP contribution < -0.4 is 0 Å². The van der Waals surface area contributed by atoms with Crippen molar-refractivity contribution >= 4 is 57.6 Å². The Morgan fingerprint density at radius 3 is 2.23 bits per heavy atom. The van der Waals surface area contributed by atoms with Crippen LogP contribution in [0.5, 0.6) is 0 Å². The zero-order valence-corrected chi connectivity index (χ0v) is 16.7. The van der Waals surface area contributed by atoms with Crippen LogP contribution in [0.2, 0.25) is 0 Å². The van der Waals surface area contributed by atoms with Crippen molar-refractivity contribution < 1.29 is 14.3 Å². The second kappa shape index (κ2) is 9.79. The molecule has 0 fully saturated rings. The molecule has 1 heterocycles. The predicted molar refractivity (Wildman–Crippen MR) is 100 cm³/mol. The smallest absolute Gasteiger partial charge is 0.357 e. The molecule has 0 aliphatic carbocycles. The van der Waals surface area contributed by atoms with Gasteiger partial charge in [0.1, 0.15) is 0 Å². The normalized spacial score (nSPS) is 10.3. The Kier molecular flexibility index (Phi) is 8.38. The molecular weight excluding hydrogens is 424 g/mol. The van der Waals surface area contributed by atoms with E-state index >= 15 is 0 Å². The van der Waals surface area contributed by atoms with Gasteiger partial charge in [-0.15, -0.1) is 0 Å². The zero-order chi connectivity index (χ0) is 19.9. The minimum Gasteiger partial charge on any atom is -0.461 e. The van der Waals surface area contributed by atoms with Gasteiger partial charge in [0, 0.05) is 5.56 Å². The van der Waals surface area contributed by atoms with Crippen molar-refractivity contribution in [3.8, 4) is 11.8 Å². The number of carbonyl (C=O) groups is 2. The summed E-state index contributed by atoms with van der Waals surface area (Å²) in [5.41, 5.74) is 2.44. The topological polar surface area (TPSA) is 85.0 Å². The van der Waals surface area contributed by atoms with Gasteiger partial charge in [-0.05, 0) is 49.7 Å². The van der Waals surface area contributed by atoms with E-state index in [1.54, 1.807) is 44.3 Å². The molecule has 0 radical (unpaired) electrons. The number of alkyl halides is 3. The SMILES string of the molecule is CCOC(=O)c1c(C)cnn1-c1ccc(C#N)cc1.O=C(Cl)C(Cl)(Cl)Cl. The van der Waals surface area contributed by atoms with Crippen LogP contribution in [0.4, 0.5) is 0 Å². The quantitative estimate of drug-likeness (QED) is 0.405. The molecule has 1 aromatic heterocycles. The van der Waals surface area contributed by atoms with Crippen LogP contribution in [0.3, 0.4) is 0 Å². The van der Waals surface area contributed by atoms with Crippen LogP contribution in [-0.4, -0.2) is 31.4 Å². The first kappa shape index (κ1) is 22.3. The molecule has 26 heavy (non-hydrogen) atoms. The molecule has 0 aliphatic heterocycles. The van der Waals surface area contributed by atoms with Crippen LogP contribution >= 0.6 is 46.4 Å². The molecule has 0 bridgehead atoms. The molecule has 2 aromatic rings. The van der Waals surface area contributed by atoms with E-state index in [-0.39, 0.29) is 0 Å². The van der Waals surface area contributed by atoms with Gasteiger partial charge in [-0.3, -0.25) is 4.79 Å². The van der Waals surface area contributed by atoms with Gasteiger partial charge in [0.25, 0.3) is 9.03 Å². The van der Waals surface area contributed by atoms with Gasteiger partial charge in [0.05, 0.1) is 30.1 Å². The first-order chi connectivity index (χ1) is 12.1. The van der Waals surface area contributed by atoms with Crippen molar-refractivity contribution in [2.75, 3.05) is 6.61 Å². The summed E-state index contributed by atoms with van der Waals surface area (Å²) in [7, 11) is 0. The molecule has 0 atom stereocenters. The summed E-state index contributed by atoms with van der Waals surface area (Å²) >= 11 is 19.5. The first-order valence-corrected chi connectivity index (χ1v) is 8.62. The Bertz CT molecular complexity index is 821. The number of nitrogens with zero attached hydrogens (tertiary/aromatic N) is 3. The van der Waals surface area contributed by atoms with Gasteiger partial charge in [0.15, 0.2) is 5.69 Å². The Balaban J connectivity index is 0.000000412. The van der Waals surface area contributed by atoms with Gasteiger partial charge in [-0.1, -0.05) is 34.8 Å². The second-order valence-corrected chi connectivity index (χ2v) is 7.36. The third kappa shape index (κ3) is 6.19. The fourth-order valence-electron chi connectivity index (χ4n) is 1.75. The van der Waals surface area contributed by atoms with Crippen LogP contribution in [0.15, 0.2) is 30.5 Å². The van der Waals surface area contributed by atoms with E-state index in [4.69, 9.17) is 56.4 Å². The van der Waals surface area contributed by atoms with Crippen molar-refractivity contribution in [2.45, 2.75) is 17.6 Å². The van der Waals surface area contributed by atoms with E-state index in [1.807, 2.05) is 6.07 Å². The molecule has 138 valence electrons. The van der Waals surface area contributed by atoms with Gasteiger partial charge in [0.2, 0.25) is 0 Å². The van der Waals surface area contributed by atoms with E-state index in [0.29, 0.717) is 17.9 Å². The van der Waals surface area contributed by atoms with Gasteiger partial charge in [-0.2, -0.15) is 10.4 Å². The Labute approximate surface area is 170 Å². The molecule has 0 unspecified atom stereocenters. The number of aromatic nitrogens is 2. The Morgan fingerprint density at radius 2 is 1.81 bits per heavy atom. The van der Waals surface area contributed by atoms with E-state index in [1.165, 1.54) is 4.68 Å². The maximum absolute atomic E-state index is 11.9. The summed E-state index contributed by atoms with van der Waals surface area (Å²) in [6.45, 7) is 3.88. The lowest BCUT2D eigenvalue weighted by atomic mass is 10.2. The molecule has 0 aliphatic rings. The monoisotopic (exact) mass is 435 g/mol. The highest BCUT2D eigenvalue weighted by molar-refractivity contribution is 6.88. The molecular formula is C16H13Cl4N3O3. The van der Waals surface area contributed by atoms with E-state index < -0.39 is 15.0 Å². The molecule has 1 aromatic carbocycles. The zero-order valence-electron chi connectivity index (χ0n) is 13.7. The summed E-state index contributed by atoms with van der Waals surface area (Å²) in [6.07, 6.45) is 1.62. The van der Waals surface area contributed by atoms with E-state index in [2.05, 4.69) is 5.10 Å². The number of esters is 1. The summed E-state index contributed by atoms with van der Waals surface area (Å²) in [5, 5.41) is 12.0. The van der Waals surface area contributed by atoms with Crippen LogP contribution in [0.1, 0.15) is 28.5 Å². The number of aryl methyl sites for hydroxylation is 1. The van der Waals surface area contributed by atoms with Crippen molar-refractivity contribution in [3.05, 3.63) is 47.3 Å². The Morgan fingerprint density at radius 1 is 1.27 bits per heavy atom. The lowest BCUT2D eigenvalue weighted by Gasteiger charge is -2.07. The van der Waals surface area contributed by atoms with Crippen molar-refractivity contribution in [1.82, 2.24) is 9.78 Å². The van der Waals surface area contributed by atoms with Crippen molar-refractivity contribution in [2.24, 2.45) is 0 Å². The number of benzene rings is 1. The van der Waals surface area contributed by atoms with Gasteiger partial charge in [-0.25, -0.2) is 9.48 Å². The second-order valence-electron chi connectivity index (χ2n) is 4.74. The molecule has 0 saturated heterocycles. The third-order valence-corrected chi connectivity index (χ3v) is 3.97. The molecule has 0 N–H and O–H groups in total. The third-order valence-electron chi connectivity index (χ3n) is 2.88. The molecule has 2 rings (SSSR count). The molecule has 0 spiro atoms. The maximum atomic E-state index is 11.9. The highest BCUT2D eigenvalue weighted by Crippen LogP contribution is 2.28. The summed E-state index contributed by atoms with van der Waals surface area (Å²) in [4.78, 5) is 21.7. The van der Waals surface area contributed by atoms with Gasteiger partial charge < -0.3 is 4.74 Å². The van der Waals surface area contributed by atoms with E-state index in [9.17, 15) is 9.59 Å². The van der Waals surface area contributed by atoms with Crippen molar-refractivity contribution in [3.63, 3.8) is 0 Å². The number of hydrogen-bond donors (Lipinski definition) is 0. The summed E-state index contributed by atoms with van der Waals surface area (Å²) in [5.74, 6) is -0.401. The highest BCUT2D eigenvalue weighted by atomic mass is 35.6. The average Bonchev–Trinajstić information content (AvgIpc) is 2.96. The fourth-order valence-corrected chi connectivity index (χ4v) is 1.75. The predicted octanol–water partition coefficient (Wildman–Crippen LogP) is 4.35. The van der Waals surface area contributed by atoms with Crippen molar-refractivity contribution in [1.29, 1.82) is 5.26 Å². The highest BCUT2D eigenvalue weighted by Gasteiger charge is 2.28. The van der Waals surface area contributed by atoms with Crippen LogP contribution in [0.25, 0.3) is 5.69 Å². The lowest BCUT2D eigenvalue weighted by Crippen LogP contribution is -2.13. The van der Waals surface area contributed by atoms with Crippen LogP contribution in [0, 0.1) is 18.3 Å². The molecule has 10 heteroatoms. The summed E-state index contributed by atoms with van der Waals surface area (Å²) < 4.78 is 4.59. The minimum absolute atomic E-state index is 0.316. The van der Waals surface area contributed by atoms with E-state index in [0.717, 1.165) is 11.3 Å². The average molecular weight is 437 g/mol. The number of carbonyl (C=O) groups excluding carboxylic acids is 2. The summed E-state index contributed by atoms with van der Waals surface area (Å²) in [6, 6.07) is 8.90. The molecule has 6 nitrogen and oxygen atoms in total. The van der Waals surface area contributed by atoms with Crippen LogP contribution in [-0.2, 0) is 9.53 Å². The molecule has 0 saturated carbocycles. The lowest BCUT2D eigenvalue weighted by molar-refractivity contribution is -0.110. The number of nitriles is 1. The molecule has 0 amide bonds. The maximum Gasteiger partial charge on any atom is 0.357 e. The Hall–Kier alpha value is -1.78. The number of ether oxygens (including phenoxy) is 1.